The van der Waals surface area contributed by atoms with Crippen molar-refractivity contribution in [2.45, 2.75) is 19.6 Å². The van der Waals surface area contributed by atoms with Crippen LogP contribution in [-0.2, 0) is 6.61 Å². The SMILES string of the molecule is COc1ccc(N[C@@H](C)c2cccc(CO)c2)cn1. The molecule has 1 aromatic heterocycles. The third-order valence-corrected chi connectivity index (χ3v) is 2.96. The summed E-state index contributed by atoms with van der Waals surface area (Å²) in [6.45, 7) is 2.13. The zero-order chi connectivity index (χ0) is 13.7. The molecule has 2 aromatic rings. The molecule has 0 saturated carbocycles. The molecule has 0 radical (unpaired) electrons. The van der Waals surface area contributed by atoms with Crippen molar-refractivity contribution in [3.63, 3.8) is 0 Å². The van der Waals surface area contributed by atoms with Crippen LogP contribution in [0.25, 0.3) is 0 Å². The highest BCUT2D eigenvalue weighted by Gasteiger charge is 2.06. The van der Waals surface area contributed by atoms with Crippen LogP contribution in [0.3, 0.4) is 0 Å². The molecule has 1 aromatic carbocycles. The normalized spacial score (nSPS) is 11.9. The highest BCUT2D eigenvalue weighted by atomic mass is 16.5. The third kappa shape index (κ3) is 3.45. The Hall–Kier alpha value is -2.07. The van der Waals surface area contributed by atoms with Crippen molar-refractivity contribution in [1.82, 2.24) is 4.98 Å². The van der Waals surface area contributed by atoms with Crippen LogP contribution in [0.15, 0.2) is 42.6 Å². The fourth-order valence-corrected chi connectivity index (χ4v) is 1.88. The molecule has 0 aliphatic heterocycles. The van der Waals surface area contributed by atoms with Crippen molar-refractivity contribution in [3.8, 4) is 5.88 Å². The summed E-state index contributed by atoms with van der Waals surface area (Å²) in [5, 5.41) is 12.5. The number of aromatic nitrogens is 1. The van der Waals surface area contributed by atoms with Gasteiger partial charge in [-0.05, 0) is 24.1 Å². The lowest BCUT2D eigenvalue weighted by Crippen LogP contribution is -2.07. The van der Waals surface area contributed by atoms with Crippen molar-refractivity contribution < 1.29 is 9.84 Å². The number of aliphatic hydroxyl groups is 1. The van der Waals surface area contributed by atoms with Crippen LogP contribution in [0.1, 0.15) is 24.1 Å². The number of hydrogen-bond donors (Lipinski definition) is 2. The molecule has 19 heavy (non-hydrogen) atoms. The Kier molecular flexibility index (Phi) is 4.36. The van der Waals surface area contributed by atoms with Gasteiger partial charge in [-0.3, -0.25) is 0 Å². The minimum absolute atomic E-state index is 0.0602. The summed E-state index contributed by atoms with van der Waals surface area (Å²) in [6, 6.07) is 11.8. The number of methoxy groups -OCH3 is 1. The Bertz CT molecular complexity index is 526. The lowest BCUT2D eigenvalue weighted by Gasteiger charge is -2.16. The van der Waals surface area contributed by atoms with E-state index in [0.717, 1.165) is 16.8 Å². The maximum Gasteiger partial charge on any atom is 0.213 e. The summed E-state index contributed by atoms with van der Waals surface area (Å²) in [4.78, 5) is 4.15. The van der Waals surface area contributed by atoms with Crippen molar-refractivity contribution >= 4 is 5.69 Å². The van der Waals surface area contributed by atoms with Crippen molar-refractivity contribution in [1.29, 1.82) is 0 Å². The van der Waals surface area contributed by atoms with Gasteiger partial charge in [-0.2, -0.15) is 0 Å². The minimum atomic E-state index is 0.0602. The summed E-state index contributed by atoms with van der Waals surface area (Å²) >= 11 is 0. The summed E-state index contributed by atoms with van der Waals surface area (Å²) in [6.07, 6.45) is 1.74. The standard InChI is InChI=1S/C15H18N2O2/c1-11(13-5-3-4-12(8-13)10-18)17-14-6-7-15(19-2)16-9-14/h3-9,11,17-18H,10H2,1-2H3/t11-/m0/s1. The van der Waals surface area contributed by atoms with E-state index >= 15 is 0 Å². The summed E-state index contributed by atoms with van der Waals surface area (Å²) in [7, 11) is 1.60. The van der Waals surface area contributed by atoms with Crippen LogP contribution in [0, 0.1) is 0 Å². The van der Waals surface area contributed by atoms with Gasteiger partial charge in [0.05, 0.1) is 25.6 Å². The monoisotopic (exact) mass is 258 g/mol. The number of hydrogen-bond acceptors (Lipinski definition) is 4. The molecule has 0 fully saturated rings. The largest absolute Gasteiger partial charge is 0.481 e. The van der Waals surface area contributed by atoms with E-state index in [1.165, 1.54) is 0 Å². The predicted octanol–water partition coefficient (Wildman–Crippen LogP) is 2.76. The number of aliphatic hydroxyl groups excluding tert-OH is 1. The number of rotatable bonds is 5. The Morgan fingerprint density at radius 1 is 1.32 bits per heavy atom. The number of anilines is 1. The van der Waals surface area contributed by atoms with E-state index in [0.29, 0.717) is 5.88 Å². The molecule has 0 saturated heterocycles. The molecule has 2 rings (SSSR count). The first-order valence-corrected chi connectivity index (χ1v) is 6.19. The smallest absolute Gasteiger partial charge is 0.213 e. The van der Waals surface area contributed by atoms with Gasteiger partial charge in [0, 0.05) is 12.1 Å². The van der Waals surface area contributed by atoms with E-state index in [1.807, 2.05) is 36.4 Å². The Labute approximate surface area is 113 Å². The van der Waals surface area contributed by atoms with Gasteiger partial charge >= 0.3 is 0 Å². The lowest BCUT2D eigenvalue weighted by atomic mass is 10.1. The highest BCUT2D eigenvalue weighted by Crippen LogP contribution is 2.20. The summed E-state index contributed by atoms with van der Waals surface area (Å²) in [5.74, 6) is 0.598. The first-order valence-electron chi connectivity index (χ1n) is 6.19. The highest BCUT2D eigenvalue weighted by molar-refractivity contribution is 5.44. The molecule has 0 aliphatic carbocycles. The van der Waals surface area contributed by atoms with Gasteiger partial charge in [0.25, 0.3) is 0 Å². The van der Waals surface area contributed by atoms with Crippen LogP contribution >= 0.6 is 0 Å². The molecular weight excluding hydrogens is 240 g/mol. The van der Waals surface area contributed by atoms with Gasteiger partial charge in [-0.25, -0.2) is 4.98 Å². The first kappa shape index (κ1) is 13.4. The first-order chi connectivity index (χ1) is 9.22. The zero-order valence-electron chi connectivity index (χ0n) is 11.1. The number of pyridine rings is 1. The van der Waals surface area contributed by atoms with Gasteiger partial charge in [-0.1, -0.05) is 24.3 Å². The predicted molar refractivity (Wildman–Crippen MR) is 75.2 cm³/mol. The van der Waals surface area contributed by atoms with Crippen LogP contribution < -0.4 is 10.1 Å². The molecule has 1 heterocycles. The summed E-state index contributed by atoms with van der Waals surface area (Å²) in [5.41, 5.74) is 2.98. The molecule has 100 valence electrons. The van der Waals surface area contributed by atoms with E-state index in [4.69, 9.17) is 9.84 Å². The second kappa shape index (κ2) is 6.20. The van der Waals surface area contributed by atoms with Crippen LogP contribution in [-0.4, -0.2) is 17.2 Å². The van der Waals surface area contributed by atoms with Crippen LogP contribution in [0.4, 0.5) is 5.69 Å². The molecule has 0 spiro atoms. The maximum absolute atomic E-state index is 9.15. The second-order valence-electron chi connectivity index (χ2n) is 4.36. The van der Waals surface area contributed by atoms with E-state index in [9.17, 15) is 0 Å². The molecular formula is C15H18N2O2. The van der Waals surface area contributed by atoms with Gasteiger partial charge < -0.3 is 15.2 Å². The fraction of sp³-hybridized carbons (Fsp3) is 0.267. The van der Waals surface area contributed by atoms with E-state index in [1.54, 1.807) is 13.3 Å². The molecule has 0 amide bonds. The van der Waals surface area contributed by atoms with Crippen LogP contribution in [0.2, 0.25) is 0 Å². The molecule has 4 heteroatoms. The average Bonchev–Trinajstić information content (AvgIpc) is 2.48. The zero-order valence-corrected chi connectivity index (χ0v) is 11.1. The fourth-order valence-electron chi connectivity index (χ4n) is 1.88. The van der Waals surface area contributed by atoms with E-state index in [2.05, 4.69) is 17.2 Å². The van der Waals surface area contributed by atoms with Gasteiger partial charge in [-0.15, -0.1) is 0 Å². The molecule has 0 aliphatic rings. The number of ether oxygens (including phenoxy) is 1. The van der Waals surface area contributed by atoms with Gasteiger partial charge in [0.2, 0.25) is 5.88 Å². The third-order valence-electron chi connectivity index (χ3n) is 2.96. The van der Waals surface area contributed by atoms with E-state index < -0.39 is 0 Å². The van der Waals surface area contributed by atoms with Gasteiger partial charge in [0.15, 0.2) is 0 Å². The van der Waals surface area contributed by atoms with Gasteiger partial charge in [0.1, 0.15) is 0 Å². The molecule has 0 bridgehead atoms. The Morgan fingerprint density at radius 3 is 2.79 bits per heavy atom. The number of nitrogens with one attached hydrogen (secondary N) is 1. The second-order valence-corrected chi connectivity index (χ2v) is 4.36. The van der Waals surface area contributed by atoms with Crippen LogP contribution in [0.5, 0.6) is 5.88 Å². The van der Waals surface area contributed by atoms with Crippen molar-refractivity contribution in [2.75, 3.05) is 12.4 Å². The van der Waals surface area contributed by atoms with Crippen molar-refractivity contribution in [3.05, 3.63) is 53.7 Å². The average molecular weight is 258 g/mol. The van der Waals surface area contributed by atoms with Crippen molar-refractivity contribution in [2.24, 2.45) is 0 Å². The topological polar surface area (TPSA) is 54.4 Å². The molecule has 4 nitrogen and oxygen atoms in total. The molecule has 2 N–H and O–H groups in total. The Morgan fingerprint density at radius 2 is 2.16 bits per heavy atom. The number of benzene rings is 1. The molecule has 1 atom stereocenters. The van der Waals surface area contributed by atoms with E-state index in [-0.39, 0.29) is 12.6 Å². The molecule has 0 unspecified atom stereocenters. The Balaban J connectivity index is 2.08. The number of nitrogens with zero attached hydrogens (tertiary/aromatic N) is 1. The summed E-state index contributed by atoms with van der Waals surface area (Å²) < 4.78 is 5.02. The maximum atomic E-state index is 9.15. The quantitative estimate of drug-likeness (QED) is 0.866. The lowest BCUT2D eigenvalue weighted by molar-refractivity contribution is 0.281. The minimum Gasteiger partial charge on any atom is -0.481 e.